The van der Waals surface area contributed by atoms with Crippen LogP contribution < -0.4 is 10.1 Å². The SMILES string of the molecule is Cc1cc(OCC(=O)c2ccc(Cl)cc2)nc(Nc2ccc(C)c(C)c2)n1. The lowest BCUT2D eigenvalue weighted by molar-refractivity contribution is 0.0918. The number of hydrogen-bond donors (Lipinski definition) is 1. The fraction of sp³-hybridized carbons (Fsp3) is 0.190. The summed E-state index contributed by atoms with van der Waals surface area (Å²) in [7, 11) is 0. The molecule has 3 rings (SSSR count). The lowest BCUT2D eigenvalue weighted by atomic mass is 10.1. The van der Waals surface area contributed by atoms with Gasteiger partial charge in [-0.3, -0.25) is 4.79 Å². The number of ether oxygens (including phenoxy) is 1. The Kier molecular flexibility index (Phi) is 5.72. The first-order valence-electron chi connectivity index (χ1n) is 8.52. The second kappa shape index (κ2) is 8.18. The van der Waals surface area contributed by atoms with E-state index in [2.05, 4.69) is 29.1 Å². The van der Waals surface area contributed by atoms with Crippen molar-refractivity contribution in [3.05, 3.63) is 75.9 Å². The van der Waals surface area contributed by atoms with E-state index in [0.717, 1.165) is 11.4 Å². The maximum absolute atomic E-state index is 12.2. The second-order valence-corrected chi connectivity index (χ2v) is 6.75. The van der Waals surface area contributed by atoms with Crippen molar-refractivity contribution < 1.29 is 9.53 Å². The number of nitrogens with one attached hydrogen (secondary N) is 1. The van der Waals surface area contributed by atoms with E-state index in [0.29, 0.717) is 22.4 Å². The summed E-state index contributed by atoms with van der Waals surface area (Å²) in [5.74, 6) is 0.620. The smallest absolute Gasteiger partial charge is 0.230 e. The number of ketones is 1. The Morgan fingerprint density at radius 2 is 1.74 bits per heavy atom. The van der Waals surface area contributed by atoms with Gasteiger partial charge in [-0.05, 0) is 68.3 Å². The van der Waals surface area contributed by atoms with Crippen LogP contribution in [-0.4, -0.2) is 22.4 Å². The molecule has 1 N–H and O–H groups in total. The number of aryl methyl sites for hydroxylation is 3. The molecule has 5 nitrogen and oxygen atoms in total. The number of carbonyl (C=O) groups is 1. The van der Waals surface area contributed by atoms with Crippen molar-refractivity contribution in [3.63, 3.8) is 0 Å². The number of hydrogen-bond acceptors (Lipinski definition) is 5. The number of Topliss-reactive ketones (excluding diaryl/α,β-unsaturated/α-hetero) is 1. The van der Waals surface area contributed by atoms with Crippen molar-refractivity contribution in [3.8, 4) is 5.88 Å². The molecule has 0 aliphatic heterocycles. The summed E-state index contributed by atoms with van der Waals surface area (Å²) in [6.07, 6.45) is 0. The molecule has 0 spiro atoms. The molecule has 0 unspecified atom stereocenters. The first kappa shape index (κ1) is 18.9. The van der Waals surface area contributed by atoms with Crippen molar-refractivity contribution in [1.29, 1.82) is 0 Å². The number of nitrogens with zero attached hydrogens (tertiary/aromatic N) is 2. The Morgan fingerprint density at radius 1 is 1.00 bits per heavy atom. The molecule has 27 heavy (non-hydrogen) atoms. The zero-order valence-corrected chi connectivity index (χ0v) is 16.2. The predicted molar refractivity (Wildman–Crippen MR) is 107 cm³/mol. The highest BCUT2D eigenvalue weighted by atomic mass is 35.5. The maximum atomic E-state index is 12.2. The van der Waals surface area contributed by atoms with Crippen LogP contribution in [0.5, 0.6) is 5.88 Å². The first-order valence-corrected chi connectivity index (χ1v) is 8.90. The van der Waals surface area contributed by atoms with Gasteiger partial charge in [0.15, 0.2) is 12.4 Å². The Hall–Kier alpha value is -2.92. The van der Waals surface area contributed by atoms with E-state index < -0.39 is 0 Å². The van der Waals surface area contributed by atoms with Crippen molar-refractivity contribution in [1.82, 2.24) is 9.97 Å². The van der Waals surface area contributed by atoms with Crippen LogP contribution in [0.3, 0.4) is 0 Å². The van der Waals surface area contributed by atoms with Gasteiger partial charge in [0.05, 0.1) is 0 Å². The van der Waals surface area contributed by atoms with Crippen LogP contribution in [0.15, 0.2) is 48.5 Å². The molecule has 6 heteroatoms. The van der Waals surface area contributed by atoms with Gasteiger partial charge in [0.1, 0.15) is 0 Å². The van der Waals surface area contributed by atoms with Gasteiger partial charge < -0.3 is 10.1 Å². The fourth-order valence-corrected chi connectivity index (χ4v) is 2.60. The van der Waals surface area contributed by atoms with Crippen LogP contribution in [-0.2, 0) is 0 Å². The van der Waals surface area contributed by atoms with Crippen LogP contribution in [0.2, 0.25) is 5.02 Å². The van der Waals surface area contributed by atoms with Crippen molar-refractivity contribution in [2.75, 3.05) is 11.9 Å². The zero-order valence-electron chi connectivity index (χ0n) is 15.4. The third-order valence-electron chi connectivity index (χ3n) is 4.11. The molecule has 3 aromatic rings. The Balaban J connectivity index is 1.70. The molecular formula is C21H20ClN3O2. The number of halogens is 1. The number of aromatic nitrogens is 2. The minimum atomic E-state index is -0.147. The minimum Gasteiger partial charge on any atom is -0.469 e. The predicted octanol–water partition coefficient (Wildman–Crippen LogP) is 5.06. The molecule has 0 saturated carbocycles. The summed E-state index contributed by atoms with van der Waals surface area (Å²) in [6, 6.07) is 14.4. The number of benzene rings is 2. The lowest BCUT2D eigenvalue weighted by Crippen LogP contribution is -2.13. The molecular weight excluding hydrogens is 362 g/mol. The zero-order chi connectivity index (χ0) is 19.4. The van der Waals surface area contributed by atoms with Gasteiger partial charge in [0.2, 0.25) is 11.8 Å². The van der Waals surface area contributed by atoms with Crippen LogP contribution >= 0.6 is 11.6 Å². The van der Waals surface area contributed by atoms with Crippen LogP contribution in [0, 0.1) is 20.8 Å². The molecule has 0 radical (unpaired) electrons. The van der Waals surface area contributed by atoms with E-state index in [1.54, 1.807) is 30.3 Å². The summed E-state index contributed by atoms with van der Waals surface area (Å²) < 4.78 is 5.58. The van der Waals surface area contributed by atoms with E-state index in [1.807, 2.05) is 25.1 Å². The van der Waals surface area contributed by atoms with Gasteiger partial charge in [0.25, 0.3) is 0 Å². The highest BCUT2D eigenvalue weighted by molar-refractivity contribution is 6.30. The molecule has 1 aromatic heterocycles. The Bertz CT molecular complexity index is 972. The van der Waals surface area contributed by atoms with E-state index in [4.69, 9.17) is 16.3 Å². The molecule has 0 atom stereocenters. The quantitative estimate of drug-likeness (QED) is 0.604. The molecule has 0 amide bonds. The average Bonchev–Trinajstić information content (AvgIpc) is 2.63. The summed E-state index contributed by atoms with van der Waals surface area (Å²) in [4.78, 5) is 20.9. The Morgan fingerprint density at radius 3 is 2.44 bits per heavy atom. The van der Waals surface area contributed by atoms with Gasteiger partial charge in [-0.15, -0.1) is 0 Å². The molecule has 0 aliphatic carbocycles. The molecule has 1 heterocycles. The van der Waals surface area contributed by atoms with E-state index in [-0.39, 0.29) is 12.4 Å². The molecule has 2 aromatic carbocycles. The summed E-state index contributed by atoms with van der Waals surface area (Å²) >= 11 is 5.84. The fourth-order valence-electron chi connectivity index (χ4n) is 2.48. The molecule has 0 bridgehead atoms. The maximum Gasteiger partial charge on any atom is 0.230 e. The highest BCUT2D eigenvalue weighted by Crippen LogP contribution is 2.20. The monoisotopic (exact) mass is 381 g/mol. The van der Waals surface area contributed by atoms with Gasteiger partial charge in [-0.1, -0.05) is 17.7 Å². The third-order valence-corrected chi connectivity index (χ3v) is 4.36. The van der Waals surface area contributed by atoms with Crippen LogP contribution in [0.4, 0.5) is 11.6 Å². The number of anilines is 2. The second-order valence-electron chi connectivity index (χ2n) is 6.31. The van der Waals surface area contributed by atoms with Gasteiger partial charge in [-0.25, -0.2) is 4.98 Å². The van der Waals surface area contributed by atoms with Gasteiger partial charge in [-0.2, -0.15) is 4.98 Å². The minimum absolute atomic E-state index is 0.110. The number of carbonyl (C=O) groups excluding carboxylic acids is 1. The van der Waals surface area contributed by atoms with Crippen molar-refractivity contribution in [2.24, 2.45) is 0 Å². The molecule has 0 saturated heterocycles. The number of rotatable bonds is 6. The topological polar surface area (TPSA) is 64.1 Å². The van der Waals surface area contributed by atoms with Gasteiger partial charge in [0, 0.05) is 28.0 Å². The molecule has 138 valence electrons. The van der Waals surface area contributed by atoms with Crippen molar-refractivity contribution >= 4 is 29.0 Å². The largest absolute Gasteiger partial charge is 0.469 e. The standard InChI is InChI=1S/C21H20ClN3O2/c1-13-4-9-18(10-14(13)2)24-21-23-15(3)11-20(25-21)27-12-19(26)16-5-7-17(22)8-6-16/h4-11H,12H2,1-3H3,(H,23,24,25). The third kappa shape index (κ3) is 5.05. The average molecular weight is 382 g/mol. The Labute approximate surface area is 163 Å². The van der Waals surface area contributed by atoms with E-state index in [9.17, 15) is 4.79 Å². The summed E-state index contributed by atoms with van der Waals surface area (Å²) in [5, 5.41) is 3.76. The van der Waals surface area contributed by atoms with E-state index in [1.165, 1.54) is 11.1 Å². The van der Waals surface area contributed by atoms with Gasteiger partial charge >= 0.3 is 0 Å². The van der Waals surface area contributed by atoms with Crippen LogP contribution in [0.25, 0.3) is 0 Å². The highest BCUT2D eigenvalue weighted by Gasteiger charge is 2.09. The lowest BCUT2D eigenvalue weighted by Gasteiger charge is -2.10. The summed E-state index contributed by atoms with van der Waals surface area (Å²) in [6.45, 7) is 5.85. The first-order chi connectivity index (χ1) is 12.9. The van der Waals surface area contributed by atoms with E-state index >= 15 is 0 Å². The molecule has 0 aliphatic rings. The van der Waals surface area contributed by atoms with Crippen molar-refractivity contribution in [2.45, 2.75) is 20.8 Å². The summed E-state index contributed by atoms with van der Waals surface area (Å²) in [5.41, 5.74) is 4.57. The molecule has 0 fully saturated rings. The van der Waals surface area contributed by atoms with Crippen LogP contribution in [0.1, 0.15) is 27.2 Å². The normalized spacial score (nSPS) is 10.5.